The molecule has 404 valence electrons. The monoisotopic (exact) mass is 1070 g/mol. The molecule has 10 aromatic carbocycles. The fraction of sp³-hybridized carbons (Fsp3) is 0.221. The predicted molar refractivity (Wildman–Crippen MR) is 353 cm³/mol. The first-order chi connectivity index (χ1) is 39.1. The molecule has 0 atom stereocenters. The van der Waals surface area contributed by atoms with E-state index in [0.29, 0.717) is 0 Å². The minimum Gasteiger partial charge on any atom is -0.455 e. The first-order valence-electron chi connectivity index (χ1n) is 29.4. The Morgan fingerprint density at radius 3 is 1.61 bits per heavy atom. The van der Waals surface area contributed by atoms with Crippen LogP contribution in [-0.2, 0) is 16.2 Å². The van der Waals surface area contributed by atoms with Crippen LogP contribution in [0.25, 0.3) is 71.7 Å². The molecule has 0 amide bonds. The second kappa shape index (κ2) is 18.2. The Hall–Kier alpha value is -8.54. The standard InChI is InChI=1S/C77H72BN3O/c1-45-30-31-51(50-24-16-15-17-25-50)38-64(45)79-63-35-33-53(75(6,7)8)39-59(63)60-43-62-67(44-65(60)79)81(72-46(2)22-20-23-47(72)3)69-42-55(77(12,13)14)41-68-71(69)78(62)61-34-32-54(76(9,10)11)40-66(61)80(68)73-48(4)36-52(37-49(73)5)56-27-21-28-58-57-26-18-19-29-70(57)82-74(56)58/h15-44H,1-14H3. The Morgan fingerprint density at radius 2 is 0.927 bits per heavy atom. The molecule has 5 heteroatoms. The molecule has 14 rings (SSSR count). The van der Waals surface area contributed by atoms with Crippen molar-refractivity contribution in [1.29, 1.82) is 0 Å². The van der Waals surface area contributed by atoms with E-state index in [1.54, 1.807) is 0 Å². The summed E-state index contributed by atoms with van der Waals surface area (Å²) >= 11 is 0. The second-order valence-corrected chi connectivity index (χ2v) is 26.9. The van der Waals surface area contributed by atoms with Crippen molar-refractivity contribution in [3.63, 3.8) is 0 Å². The molecule has 0 fully saturated rings. The minimum atomic E-state index is -0.186. The SMILES string of the molecule is Cc1ccc(-c2ccccc2)cc1-n1c2ccc(C(C)(C)C)cc2c2cc3c(cc21)N(c1c(C)cccc1C)c1cc(C(C)(C)C)cc2c1B3c1ccc(C(C)(C)C)cc1N2c1c(C)cc(-c2cccc3c2oc2ccccc23)cc1C. The lowest BCUT2D eigenvalue weighted by Gasteiger charge is -2.46. The summed E-state index contributed by atoms with van der Waals surface area (Å²) in [5, 5.41) is 4.82. The maximum atomic E-state index is 6.69. The van der Waals surface area contributed by atoms with Gasteiger partial charge in [-0.3, -0.25) is 0 Å². The zero-order valence-corrected chi connectivity index (χ0v) is 50.1. The van der Waals surface area contributed by atoms with Crippen molar-refractivity contribution in [2.24, 2.45) is 0 Å². The Kier molecular flexibility index (Phi) is 11.5. The summed E-state index contributed by atoms with van der Waals surface area (Å²) < 4.78 is 9.26. The van der Waals surface area contributed by atoms with Gasteiger partial charge >= 0.3 is 0 Å². The highest BCUT2D eigenvalue weighted by Crippen LogP contribution is 2.51. The fourth-order valence-electron chi connectivity index (χ4n) is 13.9. The van der Waals surface area contributed by atoms with E-state index >= 15 is 0 Å². The third-order valence-electron chi connectivity index (χ3n) is 18.2. The third-order valence-corrected chi connectivity index (χ3v) is 18.2. The molecular formula is C77H72BN3O. The van der Waals surface area contributed by atoms with Gasteiger partial charge in [-0.05, 0) is 189 Å². The summed E-state index contributed by atoms with van der Waals surface area (Å²) in [4.78, 5) is 5.34. The Bertz CT molecular complexity index is 4600. The van der Waals surface area contributed by atoms with Gasteiger partial charge in [0.25, 0.3) is 6.71 Å². The highest BCUT2D eigenvalue weighted by molar-refractivity contribution is 7.00. The third kappa shape index (κ3) is 7.94. The van der Waals surface area contributed by atoms with E-state index in [0.717, 1.165) is 33.1 Å². The summed E-state index contributed by atoms with van der Waals surface area (Å²) in [5.41, 5.74) is 31.2. The van der Waals surface area contributed by atoms with Crippen molar-refractivity contribution in [2.45, 2.75) is 113 Å². The molecule has 0 aliphatic carbocycles. The number of hydrogen-bond donors (Lipinski definition) is 0. The second-order valence-electron chi connectivity index (χ2n) is 26.9. The Labute approximate surface area is 484 Å². The van der Waals surface area contributed by atoms with Crippen LogP contribution < -0.4 is 26.2 Å². The van der Waals surface area contributed by atoms with Crippen LogP contribution in [0, 0.1) is 34.6 Å². The fourth-order valence-corrected chi connectivity index (χ4v) is 13.9. The molecule has 0 saturated heterocycles. The molecule has 0 spiro atoms. The average molecular weight is 1070 g/mol. The molecule has 82 heavy (non-hydrogen) atoms. The topological polar surface area (TPSA) is 24.6 Å². The largest absolute Gasteiger partial charge is 0.455 e. The number of aromatic nitrogens is 1. The van der Waals surface area contributed by atoms with Crippen molar-refractivity contribution in [1.82, 2.24) is 4.57 Å². The maximum absolute atomic E-state index is 6.69. The number of benzene rings is 10. The summed E-state index contributed by atoms with van der Waals surface area (Å²) in [6.45, 7) is 32.6. The normalized spacial score (nSPS) is 13.4. The van der Waals surface area contributed by atoms with E-state index in [9.17, 15) is 0 Å². The van der Waals surface area contributed by atoms with E-state index in [-0.39, 0.29) is 23.0 Å². The highest BCUT2D eigenvalue weighted by atomic mass is 16.3. The lowest BCUT2D eigenvalue weighted by Crippen LogP contribution is -2.61. The molecule has 4 heterocycles. The molecule has 0 N–H and O–H groups in total. The van der Waals surface area contributed by atoms with Gasteiger partial charge in [0.15, 0.2) is 0 Å². The van der Waals surface area contributed by atoms with Gasteiger partial charge in [-0.1, -0.05) is 184 Å². The zero-order valence-electron chi connectivity index (χ0n) is 50.1. The zero-order chi connectivity index (χ0) is 57.1. The lowest BCUT2D eigenvalue weighted by molar-refractivity contribution is 0.590. The van der Waals surface area contributed by atoms with Gasteiger partial charge in [0.1, 0.15) is 11.2 Å². The Balaban J connectivity index is 1.10. The van der Waals surface area contributed by atoms with E-state index in [1.807, 2.05) is 0 Å². The molecular weight excluding hydrogens is 994 g/mol. The molecule has 0 radical (unpaired) electrons. The molecule has 4 nitrogen and oxygen atoms in total. The molecule has 2 aliphatic heterocycles. The molecule has 0 bridgehead atoms. The van der Waals surface area contributed by atoms with Gasteiger partial charge in [0.2, 0.25) is 0 Å². The highest BCUT2D eigenvalue weighted by Gasteiger charge is 2.46. The first-order valence-corrected chi connectivity index (χ1v) is 29.4. The van der Waals surface area contributed by atoms with Crippen LogP contribution in [0.4, 0.5) is 34.1 Å². The van der Waals surface area contributed by atoms with Gasteiger partial charge in [-0.2, -0.15) is 0 Å². The number of para-hydroxylation sites is 3. The lowest BCUT2D eigenvalue weighted by atomic mass is 9.33. The molecule has 2 aromatic heterocycles. The van der Waals surface area contributed by atoms with Crippen LogP contribution in [0.2, 0.25) is 0 Å². The van der Waals surface area contributed by atoms with Crippen LogP contribution >= 0.6 is 0 Å². The summed E-state index contributed by atoms with van der Waals surface area (Å²) in [5.74, 6) is 0. The first kappa shape index (κ1) is 51.6. The van der Waals surface area contributed by atoms with Crippen molar-refractivity contribution in [2.75, 3.05) is 9.80 Å². The molecule has 0 saturated carbocycles. The van der Waals surface area contributed by atoms with Crippen molar-refractivity contribution >= 4 is 101 Å². The van der Waals surface area contributed by atoms with Gasteiger partial charge in [-0.15, -0.1) is 0 Å². The number of nitrogens with zero attached hydrogens (tertiary/aromatic N) is 3. The van der Waals surface area contributed by atoms with Crippen LogP contribution in [0.5, 0.6) is 0 Å². The van der Waals surface area contributed by atoms with Crippen LogP contribution in [0.1, 0.15) is 107 Å². The van der Waals surface area contributed by atoms with E-state index in [4.69, 9.17) is 4.42 Å². The van der Waals surface area contributed by atoms with Gasteiger partial charge in [-0.25, -0.2) is 0 Å². The van der Waals surface area contributed by atoms with E-state index < -0.39 is 0 Å². The van der Waals surface area contributed by atoms with Crippen LogP contribution in [0.3, 0.4) is 0 Å². The van der Waals surface area contributed by atoms with Crippen LogP contribution in [-0.4, -0.2) is 11.3 Å². The van der Waals surface area contributed by atoms with Gasteiger partial charge in [0.05, 0.1) is 22.4 Å². The van der Waals surface area contributed by atoms with Crippen molar-refractivity contribution < 1.29 is 4.42 Å². The van der Waals surface area contributed by atoms with Gasteiger partial charge < -0.3 is 18.8 Å². The summed E-state index contributed by atoms with van der Waals surface area (Å²) in [6.07, 6.45) is 0. The van der Waals surface area contributed by atoms with Crippen molar-refractivity contribution in [3.8, 4) is 27.9 Å². The summed E-state index contributed by atoms with van der Waals surface area (Å²) in [6, 6.07) is 69.4. The minimum absolute atomic E-state index is 0.0521. The summed E-state index contributed by atoms with van der Waals surface area (Å²) in [7, 11) is 0. The van der Waals surface area contributed by atoms with Crippen molar-refractivity contribution in [3.05, 3.63) is 226 Å². The van der Waals surface area contributed by atoms with Gasteiger partial charge in [0, 0.05) is 55.5 Å². The number of fused-ring (bicyclic) bond motifs is 10. The maximum Gasteiger partial charge on any atom is 0.252 e. The molecule has 0 unspecified atom stereocenters. The number of hydrogen-bond acceptors (Lipinski definition) is 3. The predicted octanol–water partition coefficient (Wildman–Crippen LogP) is 19.5. The molecule has 12 aromatic rings. The number of rotatable bonds is 5. The smallest absolute Gasteiger partial charge is 0.252 e. The van der Waals surface area contributed by atoms with Crippen LogP contribution in [0.15, 0.2) is 186 Å². The van der Waals surface area contributed by atoms with E-state index in [2.05, 4.69) is 293 Å². The quantitative estimate of drug-likeness (QED) is 0.161. The number of anilines is 6. The van der Waals surface area contributed by atoms with E-state index in [1.165, 1.54) is 134 Å². The number of aryl methyl sites for hydroxylation is 5. The average Bonchev–Trinajstić information content (AvgIpc) is 2.79. The Morgan fingerprint density at radius 1 is 0.354 bits per heavy atom. The molecule has 2 aliphatic rings. The number of furan rings is 1.